The Morgan fingerprint density at radius 2 is 1.42 bits per heavy atom. The molecular formula is C13H6F6. The van der Waals surface area contributed by atoms with Gasteiger partial charge < -0.3 is 0 Å². The standard InChI is InChI=1S/C13H6F6/c14-9-4-5-10(15)12(16)11(9)7-2-1-3-8(6-7)13(17,18)19/h1-6H. The summed E-state index contributed by atoms with van der Waals surface area (Å²) in [5.74, 6) is -3.97. The monoisotopic (exact) mass is 276 g/mol. The quantitative estimate of drug-likeness (QED) is 0.519. The molecule has 0 N–H and O–H groups in total. The smallest absolute Gasteiger partial charge is 0.206 e. The molecule has 0 radical (unpaired) electrons. The first-order chi connectivity index (χ1) is 8.80. The lowest BCUT2D eigenvalue weighted by Crippen LogP contribution is -2.05. The zero-order chi connectivity index (χ0) is 14.2. The summed E-state index contributed by atoms with van der Waals surface area (Å²) in [4.78, 5) is 0. The Bertz CT molecular complexity index is 615. The molecule has 0 amide bonds. The van der Waals surface area contributed by atoms with Crippen LogP contribution >= 0.6 is 0 Å². The van der Waals surface area contributed by atoms with E-state index in [0.717, 1.165) is 18.2 Å². The molecule has 2 aromatic rings. The van der Waals surface area contributed by atoms with Crippen LogP contribution in [0.15, 0.2) is 36.4 Å². The van der Waals surface area contributed by atoms with Crippen molar-refractivity contribution >= 4 is 0 Å². The Morgan fingerprint density at radius 1 is 0.789 bits per heavy atom. The minimum absolute atomic E-state index is 0.371. The van der Waals surface area contributed by atoms with E-state index in [1.54, 1.807) is 0 Å². The van der Waals surface area contributed by atoms with Crippen molar-refractivity contribution in [1.82, 2.24) is 0 Å². The topological polar surface area (TPSA) is 0 Å². The van der Waals surface area contributed by atoms with Crippen molar-refractivity contribution in [1.29, 1.82) is 0 Å². The van der Waals surface area contributed by atoms with E-state index >= 15 is 0 Å². The molecule has 0 heterocycles. The number of rotatable bonds is 1. The number of alkyl halides is 3. The van der Waals surface area contributed by atoms with Gasteiger partial charge in [-0.05, 0) is 29.8 Å². The van der Waals surface area contributed by atoms with Crippen LogP contribution in [-0.4, -0.2) is 0 Å². The Balaban J connectivity index is 2.64. The van der Waals surface area contributed by atoms with Crippen molar-refractivity contribution in [2.45, 2.75) is 6.18 Å². The Hall–Kier alpha value is -1.98. The van der Waals surface area contributed by atoms with Crippen LogP contribution in [0.1, 0.15) is 5.56 Å². The molecule has 2 aromatic carbocycles. The van der Waals surface area contributed by atoms with Crippen LogP contribution in [-0.2, 0) is 6.18 Å². The fourth-order valence-corrected chi connectivity index (χ4v) is 1.64. The van der Waals surface area contributed by atoms with Gasteiger partial charge in [-0.2, -0.15) is 13.2 Å². The Labute approximate surface area is 104 Å². The second-order valence-electron chi connectivity index (χ2n) is 3.80. The van der Waals surface area contributed by atoms with Gasteiger partial charge in [0.15, 0.2) is 11.6 Å². The van der Waals surface area contributed by atoms with Gasteiger partial charge in [0, 0.05) is 0 Å². The van der Waals surface area contributed by atoms with E-state index < -0.39 is 34.8 Å². The maximum absolute atomic E-state index is 13.5. The lowest BCUT2D eigenvalue weighted by Gasteiger charge is -2.10. The highest BCUT2D eigenvalue weighted by atomic mass is 19.4. The second-order valence-corrected chi connectivity index (χ2v) is 3.80. The van der Waals surface area contributed by atoms with Crippen molar-refractivity contribution < 1.29 is 26.3 Å². The van der Waals surface area contributed by atoms with Gasteiger partial charge in [0.25, 0.3) is 0 Å². The highest BCUT2D eigenvalue weighted by molar-refractivity contribution is 5.66. The van der Waals surface area contributed by atoms with E-state index in [0.29, 0.717) is 18.2 Å². The summed E-state index contributed by atoms with van der Waals surface area (Å²) in [7, 11) is 0. The minimum Gasteiger partial charge on any atom is -0.206 e. The number of hydrogen-bond acceptors (Lipinski definition) is 0. The fraction of sp³-hybridized carbons (Fsp3) is 0.0769. The SMILES string of the molecule is Fc1ccc(F)c(-c2cccc(C(F)(F)F)c2)c1F. The van der Waals surface area contributed by atoms with Gasteiger partial charge in [0.1, 0.15) is 5.82 Å². The summed E-state index contributed by atoms with van der Waals surface area (Å²) in [5, 5.41) is 0. The predicted molar refractivity (Wildman–Crippen MR) is 56.8 cm³/mol. The lowest BCUT2D eigenvalue weighted by molar-refractivity contribution is -0.137. The summed E-state index contributed by atoms with van der Waals surface area (Å²) >= 11 is 0. The van der Waals surface area contributed by atoms with E-state index in [1.165, 1.54) is 0 Å². The van der Waals surface area contributed by atoms with Crippen molar-refractivity contribution in [2.75, 3.05) is 0 Å². The van der Waals surface area contributed by atoms with Crippen LogP contribution in [0.3, 0.4) is 0 Å². The average Bonchev–Trinajstić information content (AvgIpc) is 2.34. The number of benzene rings is 2. The van der Waals surface area contributed by atoms with Crippen molar-refractivity contribution in [2.24, 2.45) is 0 Å². The molecule has 0 aliphatic rings. The molecule has 0 fully saturated rings. The van der Waals surface area contributed by atoms with E-state index in [-0.39, 0.29) is 5.56 Å². The lowest BCUT2D eigenvalue weighted by atomic mass is 10.0. The van der Waals surface area contributed by atoms with Gasteiger partial charge in [-0.15, -0.1) is 0 Å². The molecule has 0 aliphatic heterocycles. The second kappa shape index (κ2) is 4.60. The van der Waals surface area contributed by atoms with Gasteiger partial charge >= 0.3 is 6.18 Å². The van der Waals surface area contributed by atoms with E-state index in [1.807, 2.05) is 0 Å². The molecule has 100 valence electrons. The first kappa shape index (κ1) is 13.5. The number of halogens is 6. The minimum atomic E-state index is -4.64. The third-order valence-electron chi connectivity index (χ3n) is 2.52. The summed E-state index contributed by atoms with van der Waals surface area (Å²) in [6, 6.07) is 4.65. The Morgan fingerprint density at radius 3 is 2.05 bits per heavy atom. The molecule has 0 unspecified atom stereocenters. The average molecular weight is 276 g/mol. The molecule has 2 rings (SSSR count). The molecule has 0 aromatic heterocycles. The van der Waals surface area contributed by atoms with E-state index in [9.17, 15) is 26.3 Å². The van der Waals surface area contributed by atoms with E-state index in [2.05, 4.69) is 0 Å². The molecule has 19 heavy (non-hydrogen) atoms. The predicted octanol–water partition coefficient (Wildman–Crippen LogP) is 4.79. The molecule has 0 aliphatic carbocycles. The van der Waals surface area contributed by atoms with Crippen LogP contribution < -0.4 is 0 Å². The van der Waals surface area contributed by atoms with Crippen molar-refractivity contribution in [3.63, 3.8) is 0 Å². The van der Waals surface area contributed by atoms with Crippen LogP contribution in [0.2, 0.25) is 0 Å². The van der Waals surface area contributed by atoms with Crippen LogP contribution in [0.25, 0.3) is 11.1 Å². The first-order valence-corrected chi connectivity index (χ1v) is 5.12. The molecule has 0 spiro atoms. The highest BCUT2D eigenvalue weighted by Gasteiger charge is 2.31. The van der Waals surface area contributed by atoms with Crippen LogP contribution in [0.5, 0.6) is 0 Å². The molecule has 0 bridgehead atoms. The Kier molecular flexibility index (Phi) is 3.26. The van der Waals surface area contributed by atoms with E-state index in [4.69, 9.17) is 0 Å². The zero-order valence-corrected chi connectivity index (χ0v) is 9.23. The number of hydrogen-bond donors (Lipinski definition) is 0. The zero-order valence-electron chi connectivity index (χ0n) is 9.23. The fourth-order valence-electron chi connectivity index (χ4n) is 1.64. The third kappa shape index (κ3) is 2.57. The maximum Gasteiger partial charge on any atom is 0.416 e. The third-order valence-corrected chi connectivity index (χ3v) is 2.52. The summed E-state index contributed by atoms with van der Waals surface area (Å²) < 4.78 is 77.5. The van der Waals surface area contributed by atoms with Crippen molar-refractivity contribution in [3.05, 3.63) is 59.4 Å². The molecule has 6 heteroatoms. The van der Waals surface area contributed by atoms with Gasteiger partial charge in [-0.25, -0.2) is 13.2 Å². The largest absolute Gasteiger partial charge is 0.416 e. The molecule has 0 atom stereocenters. The van der Waals surface area contributed by atoms with Gasteiger partial charge in [-0.1, -0.05) is 12.1 Å². The first-order valence-electron chi connectivity index (χ1n) is 5.12. The maximum atomic E-state index is 13.5. The summed E-state index contributed by atoms with van der Waals surface area (Å²) in [5.41, 5.74) is -2.25. The molecule has 0 saturated carbocycles. The van der Waals surface area contributed by atoms with Gasteiger partial charge in [0.2, 0.25) is 0 Å². The van der Waals surface area contributed by atoms with Crippen molar-refractivity contribution in [3.8, 4) is 11.1 Å². The molecule has 0 saturated heterocycles. The normalized spacial score (nSPS) is 11.7. The van der Waals surface area contributed by atoms with Crippen LogP contribution in [0.4, 0.5) is 26.3 Å². The van der Waals surface area contributed by atoms with Crippen LogP contribution in [0, 0.1) is 17.5 Å². The molecule has 0 nitrogen and oxygen atoms in total. The van der Waals surface area contributed by atoms with Gasteiger partial charge in [0.05, 0.1) is 11.1 Å². The summed E-state index contributed by atoms with van der Waals surface area (Å²) in [6.45, 7) is 0. The molecular weight excluding hydrogens is 270 g/mol. The van der Waals surface area contributed by atoms with Gasteiger partial charge in [-0.3, -0.25) is 0 Å². The summed E-state index contributed by atoms with van der Waals surface area (Å²) in [6.07, 6.45) is -4.64. The highest BCUT2D eigenvalue weighted by Crippen LogP contribution is 2.34.